The Morgan fingerprint density at radius 3 is 2.07 bits per heavy atom. The molecule has 14 heavy (non-hydrogen) atoms. The van der Waals surface area contributed by atoms with Gasteiger partial charge in [-0.15, -0.1) is 0 Å². The molecule has 0 N–H and O–H groups in total. The first-order valence-corrected chi connectivity index (χ1v) is 5.35. The van der Waals surface area contributed by atoms with E-state index in [1.807, 2.05) is 0 Å². The molecule has 8 heteroatoms. The van der Waals surface area contributed by atoms with Crippen LogP contribution in [0, 0.1) is 0 Å². The van der Waals surface area contributed by atoms with Crippen LogP contribution in [0.2, 0.25) is 15.2 Å². The molecule has 0 atom stereocenters. The monoisotopic (exact) mass is 316 g/mol. The van der Waals surface area contributed by atoms with Crippen LogP contribution in [0.3, 0.4) is 0 Å². The van der Waals surface area contributed by atoms with Crippen molar-refractivity contribution in [1.82, 2.24) is 0 Å². The zero-order chi connectivity index (χ0) is 11.1. The normalized spacial score (nSPS) is 11.9. The Morgan fingerprint density at radius 1 is 1.14 bits per heavy atom. The summed E-state index contributed by atoms with van der Waals surface area (Å²) in [6, 6.07) is 1.09. The van der Waals surface area contributed by atoms with Crippen molar-refractivity contribution in [1.29, 1.82) is 0 Å². The summed E-state index contributed by atoms with van der Waals surface area (Å²) in [4.78, 5) is -0.0389. The number of halogens is 7. The van der Waals surface area contributed by atoms with Crippen molar-refractivity contribution in [3.8, 4) is 0 Å². The van der Waals surface area contributed by atoms with Gasteiger partial charge in [0.1, 0.15) is 5.02 Å². The van der Waals surface area contributed by atoms with E-state index in [1.165, 1.54) is 0 Å². The quantitative estimate of drug-likeness (QED) is 0.490. The Bertz CT molecular complexity index is 374. The Hall–Kier alpha value is 0.820. The average Bonchev–Trinajstić information content (AvgIpc) is 2.06. The zero-order valence-electron chi connectivity index (χ0n) is 6.17. The highest BCUT2D eigenvalue weighted by Crippen LogP contribution is 2.39. The largest absolute Gasteiger partial charge is 0.342 e. The molecule has 0 fully saturated rings. The third kappa shape index (κ3) is 2.49. The first-order chi connectivity index (χ1) is 6.25. The first-order valence-electron chi connectivity index (χ1n) is 3.08. The molecule has 0 amide bonds. The molecule has 1 rings (SSSR count). The van der Waals surface area contributed by atoms with Crippen LogP contribution in [-0.4, -0.2) is 0 Å². The Balaban J connectivity index is 3.49. The molecule has 0 aliphatic heterocycles. The molecule has 0 unspecified atom stereocenters. The molecule has 0 spiro atoms. The van der Waals surface area contributed by atoms with Crippen molar-refractivity contribution in [3.05, 3.63) is 27.0 Å². The van der Waals surface area contributed by atoms with Crippen LogP contribution >= 0.6 is 69.6 Å². The lowest BCUT2D eigenvalue weighted by molar-refractivity contribution is -0.847. The van der Waals surface area contributed by atoms with Gasteiger partial charge in [0, 0.05) is 10.9 Å². The van der Waals surface area contributed by atoms with Gasteiger partial charge in [0.25, 0.3) is 9.49 Å². The third-order valence-corrected chi connectivity index (χ3v) is 3.12. The van der Waals surface area contributed by atoms with Crippen LogP contribution in [0.1, 0.15) is 5.69 Å². The summed E-state index contributed by atoms with van der Waals surface area (Å²) in [6.45, 7) is 0. The molecule has 0 aliphatic rings. The maximum Gasteiger partial charge on any atom is 0.342 e. The summed E-state index contributed by atoms with van der Waals surface area (Å²) in [7, 11) is 0. The lowest BCUT2D eigenvalue weighted by Crippen LogP contribution is -2.34. The maximum absolute atomic E-state index is 13.3. The molecule has 1 nitrogen and oxygen atoms in total. The number of pyridine rings is 1. The summed E-state index contributed by atoms with van der Waals surface area (Å²) in [5.41, 5.74) is -0.318. The van der Waals surface area contributed by atoms with Gasteiger partial charge >= 0.3 is 5.15 Å². The maximum atomic E-state index is 13.3. The number of hydrogen-bond acceptors (Lipinski definition) is 0. The van der Waals surface area contributed by atoms with E-state index >= 15 is 0 Å². The number of nitrogens with zero attached hydrogens (tertiary/aromatic N) is 1. The van der Waals surface area contributed by atoms with E-state index in [0.717, 1.165) is 6.07 Å². The van der Waals surface area contributed by atoms with Crippen molar-refractivity contribution < 1.29 is 9.27 Å². The summed E-state index contributed by atoms with van der Waals surface area (Å²) < 4.78 is 11.4. The number of hydrogen-bond donors (Lipinski definition) is 0. The number of alkyl halides is 3. The molecule has 1 aromatic rings. The molecule has 1 heterocycles. The van der Waals surface area contributed by atoms with Gasteiger partial charge in [-0.3, -0.25) is 0 Å². The van der Waals surface area contributed by atoms with Crippen LogP contribution in [0.25, 0.3) is 0 Å². The van der Waals surface area contributed by atoms with E-state index in [-0.39, 0.29) is 20.5 Å². The summed E-state index contributed by atoms with van der Waals surface area (Å²) in [6.07, 6.45) is 0. The fourth-order valence-corrected chi connectivity index (χ4v) is 1.67. The average molecular weight is 319 g/mol. The van der Waals surface area contributed by atoms with Gasteiger partial charge in [0.05, 0.1) is 9.50 Å². The van der Waals surface area contributed by atoms with Crippen LogP contribution in [0.15, 0.2) is 6.07 Å². The molecule has 0 aliphatic carbocycles. The zero-order valence-corrected chi connectivity index (χ0v) is 10.7. The highest BCUT2D eigenvalue weighted by molar-refractivity contribution is 6.66. The van der Waals surface area contributed by atoms with Gasteiger partial charge in [-0.25, -0.2) is 0 Å². The summed E-state index contributed by atoms with van der Waals surface area (Å²) >= 11 is 33.1. The highest BCUT2D eigenvalue weighted by atomic mass is 35.6. The van der Waals surface area contributed by atoms with E-state index < -0.39 is 8.95 Å². The van der Waals surface area contributed by atoms with E-state index in [9.17, 15) is 4.48 Å². The summed E-state index contributed by atoms with van der Waals surface area (Å²) in [5.74, 6) is 0. The lowest BCUT2D eigenvalue weighted by atomic mass is 10.4. The molecule has 0 radical (unpaired) electrons. The molecule has 78 valence electrons. The smallest absolute Gasteiger partial charge is 0.0821 e. The third-order valence-electron chi connectivity index (χ3n) is 1.33. The Kier molecular flexibility index (Phi) is 4.02. The molecule has 0 saturated heterocycles. The highest BCUT2D eigenvalue weighted by Gasteiger charge is 2.38. The van der Waals surface area contributed by atoms with Gasteiger partial charge in [0.2, 0.25) is 0 Å². The Morgan fingerprint density at radius 2 is 1.64 bits per heavy atom. The molecule has 1 aromatic heterocycles. The van der Waals surface area contributed by atoms with Gasteiger partial charge in [-0.2, -0.15) is 0 Å². The van der Waals surface area contributed by atoms with Crippen molar-refractivity contribution in [2.24, 2.45) is 0 Å². The van der Waals surface area contributed by atoms with Gasteiger partial charge in [0.15, 0.2) is 0 Å². The second-order valence-corrected chi connectivity index (χ2v) is 5.69. The van der Waals surface area contributed by atoms with Crippen LogP contribution < -0.4 is 4.79 Å². The number of rotatable bonds is 0. The second kappa shape index (κ2) is 4.36. The molecule has 0 saturated carbocycles. The van der Waals surface area contributed by atoms with E-state index in [0.29, 0.717) is 0 Å². The lowest BCUT2D eigenvalue weighted by Gasteiger charge is -2.06. The second-order valence-electron chi connectivity index (χ2n) is 2.26. The molecular weight excluding hydrogens is 318 g/mol. The minimum Gasteiger partial charge on any atom is -0.0821 e. The van der Waals surface area contributed by atoms with Crippen LogP contribution in [-0.2, 0) is 3.79 Å². The SMILES string of the molecule is F[n+]1c(C(Cl)(Cl)Cl)cc(Cl)c(Cl)c1Cl. The minimum absolute atomic E-state index is 0.00638. The van der Waals surface area contributed by atoms with Crippen molar-refractivity contribution in [3.63, 3.8) is 0 Å². The van der Waals surface area contributed by atoms with Gasteiger partial charge in [-0.05, 0) is 11.6 Å². The van der Waals surface area contributed by atoms with Crippen molar-refractivity contribution in [2.75, 3.05) is 0 Å². The van der Waals surface area contributed by atoms with Crippen molar-refractivity contribution in [2.45, 2.75) is 3.79 Å². The summed E-state index contributed by atoms with van der Waals surface area (Å²) in [5, 5.41) is -0.582. The van der Waals surface area contributed by atoms with Gasteiger partial charge in [-0.1, -0.05) is 58.0 Å². The Labute approximate surface area is 109 Å². The van der Waals surface area contributed by atoms with Crippen LogP contribution in [0.5, 0.6) is 0 Å². The van der Waals surface area contributed by atoms with Gasteiger partial charge < -0.3 is 0 Å². The van der Waals surface area contributed by atoms with E-state index in [1.54, 1.807) is 0 Å². The van der Waals surface area contributed by atoms with Crippen LogP contribution in [0.4, 0.5) is 4.48 Å². The molecule has 0 bridgehead atoms. The van der Waals surface area contributed by atoms with E-state index in [2.05, 4.69) is 0 Å². The standard InChI is InChI=1S/C6HCl6FN/c7-2-1-3(6(10,11)12)14(13)5(9)4(2)8/h1H/q+1. The van der Waals surface area contributed by atoms with E-state index in [4.69, 9.17) is 69.6 Å². The first kappa shape index (κ1) is 12.9. The van der Waals surface area contributed by atoms with Crippen molar-refractivity contribution >= 4 is 69.6 Å². The fourth-order valence-electron chi connectivity index (χ4n) is 0.724. The topological polar surface area (TPSA) is 3.88 Å². The predicted octanol–water partition coefficient (Wildman–Crippen LogP) is 4.49. The fraction of sp³-hybridized carbons (Fsp3) is 0.167. The molecule has 0 aromatic carbocycles. The molecular formula is C6HCl6FN+. The predicted molar refractivity (Wildman–Crippen MR) is 57.4 cm³/mol. The minimum atomic E-state index is -1.97. The number of aromatic nitrogens is 1.